The van der Waals surface area contributed by atoms with Crippen molar-refractivity contribution in [1.29, 1.82) is 0 Å². The summed E-state index contributed by atoms with van der Waals surface area (Å²) in [6, 6.07) is 0. The second kappa shape index (κ2) is 4.24. The quantitative estimate of drug-likeness (QED) is 0.646. The van der Waals surface area contributed by atoms with Crippen molar-refractivity contribution in [3.8, 4) is 0 Å². The summed E-state index contributed by atoms with van der Waals surface area (Å²) < 4.78 is 17.0. The predicted octanol–water partition coefficient (Wildman–Crippen LogP) is 4.42. The molecule has 0 atom stereocenters. The molecule has 14 heavy (non-hydrogen) atoms. The fraction of sp³-hybridized carbons (Fsp3) is 0.333. The van der Waals surface area contributed by atoms with E-state index in [1.165, 1.54) is 18.7 Å². The van der Waals surface area contributed by atoms with E-state index >= 15 is 0 Å². The van der Waals surface area contributed by atoms with E-state index in [4.69, 9.17) is 27.7 Å². The highest BCUT2D eigenvalue weighted by Crippen LogP contribution is 2.54. The van der Waals surface area contributed by atoms with Crippen molar-refractivity contribution in [1.82, 2.24) is 0 Å². The summed E-state index contributed by atoms with van der Waals surface area (Å²) in [6.07, 6.45) is 0. The molecule has 78 valence electrons. The molecule has 2 nitrogen and oxygen atoms in total. The van der Waals surface area contributed by atoms with Crippen molar-refractivity contribution >= 4 is 30.6 Å². The van der Waals surface area contributed by atoms with Crippen LogP contribution in [0.4, 0.5) is 0 Å². The Bertz CT molecular complexity index is 362. The maximum atomic E-state index is 12.0. The third-order valence-corrected chi connectivity index (χ3v) is 5.05. The summed E-state index contributed by atoms with van der Waals surface area (Å²) in [5, 5.41) is 0.852. The molecule has 0 bridgehead atoms. The van der Waals surface area contributed by atoms with Gasteiger partial charge in [-0.1, -0.05) is 23.2 Å². The molecule has 1 heterocycles. The summed E-state index contributed by atoms with van der Waals surface area (Å²) in [5.41, 5.74) is 1.35. The maximum Gasteiger partial charge on any atom is 0.247 e. The van der Waals surface area contributed by atoms with Crippen LogP contribution in [0.5, 0.6) is 0 Å². The Morgan fingerprint density at radius 3 is 1.79 bits per heavy atom. The van der Waals surface area contributed by atoms with Gasteiger partial charge < -0.3 is 4.52 Å². The van der Waals surface area contributed by atoms with Crippen LogP contribution in [0.25, 0.3) is 0 Å². The molecule has 0 aliphatic carbocycles. The number of rotatable bonds is 1. The summed E-state index contributed by atoms with van der Waals surface area (Å²) in [7, 11) is -1.46. The maximum absolute atomic E-state index is 12.0. The van der Waals surface area contributed by atoms with Gasteiger partial charge >= 0.3 is 0 Å². The lowest BCUT2D eigenvalue weighted by Crippen LogP contribution is -1.80. The summed E-state index contributed by atoms with van der Waals surface area (Å²) >= 11 is 11.9. The van der Waals surface area contributed by atoms with Gasteiger partial charge in [-0.2, -0.15) is 0 Å². The van der Waals surface area contributed by atoms with Crippen molar-refractivity contribution in [2.24, 2.45) is 0 Å². The average Bonchev–Trinajstić information content (AvgIpc) is 2.20. The molecule has 0 aromatic heterocycles. The lowest BCUT2D eigenvalue weighted by molar-refractivity contribution is 0.410. The Kier molecular flexibility index (Phi) is 3.65. The topological polar surface area (TPSA) is 26.3 Å². The monoisotopic (exact) mass is 252 g/mol. The summed E-state index contributed by atoms with van der Waals surface area (Å²) in [5.74, 6) is 3.04. The molecule has 0 unspecified atom stereocenters. The van der Waals surface area contributed by atoms with Gasteiger partial charge in [-0.3, -0.25) is 4.57 Å². The molecule has 0 saturated heterocycles. The fourth-order valence-electron chi connectivity index (χ4n) is 1.14. The minimum Gasteiger partial charge on any atom is -0.326 e. The first-order valence-corrected chi connectivity index (χ1v) is 6.51. The second-order valence-electron chi connectivity index (χ2n) is 3.08. The van der Waals surface area contributed by atoms with Gasteiger partial charge in [0.1, 0.15) is 0 Å². The average molecular weight is 253 g/mol. The fourth-order valence-corrected chi connectivity index (χ4v) is 3.32. The Morgan fingerprint density at radius 2 is 1.50 bits per heavy atom. The van der Waals surface area contributed by atoms with Gasteiger partial charge in [0, 0.05) is 18.7 Å². The van der Waals surface area contributed by atoms with E-state index in [9.17, 15) is 4.57 Å². The first-order valence-electron chi connectivity index (χ1n) is 4.00. The highest BCUT2D eigenvalue weighted by Gasteiger charge is 2.22. The third kappa shape index (κ3) is 2.32. The lowest BCUT2D eigenvalue weighted by Gasteiger charge is -2.06. The zero-order valence-electron chi connectivity index (χ0n) is 8.17. The van der Waals surface area contributed by atoms with Crippen molar-refractivity contribution in [3.05, 3.63) is 32.8 Å². The van der Waals surface area contributed by atoms with Crippen LogP contribution in [-0.2, 0) is 9.09 Å². The zero-order chi connectivity index (χ0) is 10.9. The summed E-state index contributed by atoms with van der Waals surface area (Å²) in [4.78, 5) is 0. The van der Waals surface area contributed by atoms with Crippen LogP contribution in [-0.4, -0.2) is 7.11 Å². The molecule has 0 spiro atoms. The third-order valence-electron chi connectivity index (χ3n) is 1.92. The molecule has 0 amide bonds. The van der Waals surface area contributed by atoms with Gasteiger partial charge in [0.05, 0.1) is 10.1 Å². The Morgan fingerprint density at radius 1 is 1.14 bits per heavy atom. The van der Waals surface area contributed by atoms with Gasteiger partial charge in [0.2, 0.25) is 7.37 Å². The van der Waals surface area contributed by atoms with E-state index in [-0.39, 0.29) is 0 Å². The van der Waals surface area contributed by atoms with E-state index < -0.39 is 7.37 Å². The van der Waals surface area contributed by atoms with E-state index in [1.54, 1.807) is 13.8 Å². The lowest BCUT2D eigenvalue weighted by atomic mass is 10.2. The van der Waals surface area contributed by atoms with Crippen LogP contribution in [0.2, 0.25) is 0 Å². The van der Waals surface area contributed by atoms with Crippen LogP contribution < -0.4 is 0 Å². The molecule has 0 fully saturated rings. The van der Waals surface area contributed by atoms with E-state index in [0.717, 1.165) is 0 Å². The highest BCUT2D eigenvalue weighted by molar-refractivity contribution is 7.65. The first kappa shape index (κ1) is 12.1. The Labute approximate surface area is 93.7 Å². The van der Waals surface area contributed by atoms with Crippen molar-refractivity contribution < 1.29 is 9.09 Å². The number of hydrogen-bond acceptors (Lipinski definition) is 2. The molecule has 0 N–H and O–H groups in total. The van der Waals surface area contributed by atoms with E-state index in [0.29, 0.717) is 21.2 Å². The smallest absolute Gasteiger partial charge is 0.247 e. The van der Waals surface area contributed by atoms with Gasteiger partial charge in [0.25, 0.3) is 0 Å². The minimum absolute atomic E-state index is 0.426. The van der Waals surface area contributed by atoms with Gasteiger partial charge in [0.15, 0.2) is 0 Å². The SMILES string of the molecule is COP1(=O)C=C(C)C(Cl)=C(Cl)C(C)=C1. The van der Waals surface area contributed by atoms with Crippen LogP contribution >= 0.6 is 30.6 Å². The number of halogens is 2. The molecule has 1 aliphatic heterocycles. The Hall–Kier alpha value is -0.0100. The second-order valence-corrected chi connectivity index (χ2v) is 6.01. The standard InChI is InChI=1S/C9H11Cl2O2P/c1-6-4-14(12,13-3)5-7(2)9(11)8(6)10/h4-5H,1-3H3. The highest BCUT2D eigenvalue weighted by atomic mass is 35.5. The molecule has 5 heteroatoms. The molecule has 0 saturated carbocycles. The van der Waals surface area contributed by atoms with Crippen LogP contribution in [0.15, 0.2) is 32.8 Å². The predicted molar refractivity (Wildman–Crippen MR) is 60.9 cm³/mol. The van der Waals surface area contributed by atoms with E-state index in [2.05, 4.69) is 0 Å². The zero-order valence-corrected chi connectivity index (χ0v) is 10.6. The number of hydrogen-bond donors (Lipinski definition) is 0. The van der Waals surface area contributed by atoms with Crippen molar-refractivity contribution in [2.75, 3.05) is 7.11 Å². The van der Waals surface area contributed by atoms with Crippen molar-refractivity contribution in [2.45, 2.75) is 13.8 Å². The van der Waals surface area contributed by atoms with Gasteiger partial charge in [-0.15, -0.1) is 0 Å². The van der Waals surface area contributed by atoms with Crippen molar-refractivity contribution in [3.63, 3.8) is 0 Å². The molecular formula is C9H11Cl2O2P. The molecule has 0 aromatic carbocycles. The Balaban J connectivity index is 3.37. The molecule has 0 radical (unpaired) electrons. The molecule has 0 aromatic rings. The summed E-state index contributed by atoms with van der Waals surface area (Å²) in [6.45, 7) is 3.51. The molecular weight excluding hydrogens is 242 g/mol. The van der Waals surface area contributed by atoms with Crippen LogP contribution in [0.1, 0.15) is 13.8 Å². The molecule has 1 aliphatic rings. The van der Waals surface area contributed by atoms with Crippen LogP contribution in [0, 0.1) is 0 Å². The number of allylic oxidation sites excluding steroid dienone is 4. The normalized spacial score (nSPS) is 21.5. The largest absolute Gasteiger partial charge is 0.326 e. The van der Waals surface area contributed by atoms with Gasteiger partial charge in [-0.25, -0.2) is 0 Å². The van der Waals surface area contributed by atoms with Crippen LogP contribution in [0.3, 0.4) is 0 Å². The van der Waals surface area contributed by atoms with E-state index in [1.807, 2.05) is 0 Å². The molecule has 1 rings (SSSR count). The van der Waals surface area contributed by atoms with Gasteiger partial charge in [-0.05, 0) is 25.0 Å². The minimum atomic E-state index is -2.86. The first-order chi connectivity index (χ1) is 6.39.